The summed E-state index contributed by atoms with van der Waals surface area (Å²) in [7, 11) is 4.67. The van der Waals surface area contributed by atoms with E-state index in [1.54, 1.807) is 50.6 Å². The molecule has 2 aromatic rings. The predicted octanol–water partition coefficient (Wildman–Crippen LogP) is 4.27. The molecule has 140 valence electrons. The van der Waals surface area contributed by atoms with E-state index in [9.17, 15) is 9.90 Å². The molecule has 5 nitrogen and oxygen atoms in total. The van der Waals surface area contributed by atoms with Crippen LogP contribution in [0.2, 0.25) is 0 Å². The zero-order chi connectivity index (χ0) is 19.6. The quantitative estimate of drug-likeness (QED) is 0.558. The van der Waals surface area contributed by atoms with Gasteiger partial charge in [0.1, 0.15) is 11.5 Å². The van der Waals surface area contributed by atoms with Crippen LogP contribution in [0.4, 0.5) is 0 Å². The van der Waals surface area contributed by atoms with Gasteiger partial charge in [0.25, 0.3) is 0 Å². The number of phenols is 1. The molecule has 0 aromatic heterocycles. The van der Waals surface area contributed by atoms with Crippen LogP contribution in [-0.2, 0) is 4.79 Å². The highest BCUT2D eigenvalue weighted by Crippen LogP contribution is 2.27. The molecule has 27 heavy (non-hydrogen) atoms. The summed E-state index contributed by atoms with van der Waals surface area (Å²) in [5, 5.41) is 9.73. The van der Waals surface area contributed by atoms with Crippen LogP contribution in [0.1, 0.15) is 11.1 Å². The number of benzene rings is 2. The van der Waals surface area contributed by atoms with Crippen molar-refractivity contribution in [3.8, 4) is 23.0 Å². The van der Waals surface area contributed by atoms with E-state index in [4.69, 9.17) is 14.2 Å². The van der Waals surface area contributed by atoms with Gasteiger partial charge >= 0.3 is 0 Å². The third-order valence-electron chi connectivity index (χ3n) is 3.73. The second-order valence-corrected chi connectivity index (χ2v) is 5.49. The molecule has 0 saturated heterocycles. The van der Waals surface area contributed by atoms with E-state index in [1.807, 2.05) is 18.2 Å². The molecule has 0 aliphatic heterocycles. The highest BCUT2D eigenvalue weighted by molar-refractivity contribution is 6.02. The van der Waals surface area contributed by atoms with Crippen molar-refractivity contribution in [2.45, 2.75) is 0 Å². The molecule has 0 aliphatic rings. The van der Waals surface area contributed by atoms with Crippen molar-refractivity contribution in [1.29, 1.82) is 0 Å². The SMILES string of the molecule is COc1ccc(C=CC=CC(=O)C=Cc2ccc(OC)c(O)c2)c(OC)c1. The zero-order valence-electron chi connectivity index (χ0n) is 15.5. The second kappa shape index (κ2) is 9.87. The van der Waals surface area contributed by atoms with E-state index in [0.29, 0.717) is 22.8 Å². The molecule has 0 aliphatic carbocycles. The Kier molecular flexibility index (Phi) is 7.26. The fourth-order valence-electron chi connectivity index (χ4n) is 2.31. The Morgan fingerprint density at radius 2 is 1.63 bits per heavy atom. The van der Waals surface area contributed by atoms with E-state index in [0.717, 1.165) is 5.56 Å². The second-order valence-electron chi connectivity index (χ2n) is 5.49. The standard InChI is InChI=1S/C22H22O5/c1-25-19-12-10-17(22(15-19)27-3)6-4-5-7-18(23)11-8-16-9-13-21(26-2)20(24)14-16/h4-15,24H,1-3H3. The number of carbonyl (C=O) groups excluding carboxylic acids is 1. The number of ketones is 1. The largest absolute Gasteiger partial charge is 0.504 e. The molecular weight excluding hydrogens is 344 g/mol. The summed E-state index contributed by atoms with van der Waals surface area (Å²) in [5.74, 6) is 1.64. The summed E-state index contributed by atoms with van der Waals surface area (Å²) < 4.78 is 15.5. The van der Waals surface area contributed by atoms with Crippen LogP contribution in [0.5, 0.6) is 23.0 Å². The van der Waals surface area contributed by atoms with Crippen LogP contribution in [0.3, 0.4) is 0 Å². The van der Waals surface area contributed by atoms with Gasteiger partial charge in [-0.2, -0.15) is 0 Å². The van der Waals surface area contributed by atoms with Gasteiger partial charge in [-0.1, -0.05) is 30.4 Å². The van der Waals surface area contributed by atoms with Gasteiger partial charge in [0.05, 0.1) is 21.3 Å². The summed E-state index contributed by atoms with van der Waals surface area (Å²) in [4.78, 5) is 11.9. The molecule has 5 heteroatoms. The Balaban J connectivity index is 1.98. The maximum absolute atomic E-state index is 11.9. The fourth-order valence-corrected chi connectivity index (χ4v) is 2.31. The number of ether oxygens (including phenoxy) is 3. The Hall–Kier alpha value is -3.47. The first-order valence-corrected chi connectivity index (χ1v) is 8.23. The monoisotopic (exact) mass is 366 g/mol. The maximum atomic E-state index is 11.9. The topological polar surface area (TPSA) is 65.0 Å². The lowest BCUT2D eigenvalue weighted by molar-refractivity contribution is -0.110. The number of aromatic hydroxyl groups is 1. The number of hydrogen-bond donors (Lipinski definition) is 1. The molecule has 0 fully saturated rings. The number of methoxy groups -OCH3 is 3. The zero-order valence-corrected chi connectivity index (χ0v) is 15.5. The van der Waals surface area contributed by atoms with Crippen LogP contribution in [0, 0.1) is 0 Å². The number of carbonyl (C=O) groups is 1. The van der Waals surface area contributed by atoms with Crippen molar-refractivity contribution >= 4 is 17.9 Å². The molecule has 0 spiro atoms. The van der Waals surface area contributed by atoms with Crippen LogP contribution in [-0.4, -0.2) is 32.2 Å². The molecule has 2 aromatic carbocycles. The normalized spacial score (nSPS) is 11.4. The van der Waals surface area contributed by atoms with Crippen LogP contribution in [0.25, 0.3) is 12.2 Å². The van der Waals surface area contributed by atoms with Crippen LogP contribution in [0.15, 0.2) is 60.7 Å². The number of phenolic OH excluding ortho intramolecular Hbond substituents is 1. The Bertz CT molecular complexity index is 878. The van der Waals surface area contributed by atoms with Crippen molar-refractivity contribution < 1.29 is 24.1 Å². The third kappa shape index (κ3) is 5.78. The molecule has 0 radical (unpaired) electrons. The fraction of sp³-hybridized carbons (Fsp3) is 0.136. The van der Waals surface area contributed by atoms with Gasteiger partial charge in [0.2, 0.25) is 0 Å². The first kappa shape index (κ1) is 19.8. The van der Waals surface area contributed by atoms with Gasteiger partial charge in [0, 0.05) is 11.6 Å². The summed E-state index contributed by atoms with van der Waals surface area (Å²) in [5.41, 5.74) is 1.58. The van der Waals surface area contributed by atoms with E-state index < -0.39 is 0 Å². The van der Waals surface area contributed by atoms with Crippen molar-refractivity contribution in [3.05, 3.63) is 71.8 Å². The third-order valence-corrected chi connectivity index (χ3v) is 3.73. The van der Waals surface area contributed by atoms with Crippen molar-refractivity contribution in [2.24, 2.45) is 0 Å². The van der Waals surface area contributed by atoms with Crippen molar-refractivity contribution in [1.82, 2.24) is 0 Å². The minimum Gasteiger partial charge on any atom is -0.504 e. The van der Waals surface area contributed by atoms with E-state index in [2.05, 4.69) is 0 Å². The minimum atomic E-state index is -0.170. The Morgan fingerprint density at radius 1 is 0.852 bits per heavy atom. The Labute approximate surface area is 158 Å². The first-order chi connectivity index (χ1) is 13.1. The summed E-state index contributed by atoms with van der Waals surface area (Å²) in [6.45, 7) is 0. The highest BCUT2D eigenvalue weighted by atomic mass is 16.5. The number of hydrogen-bond acceptors (Lipinski definition) is 5. The van der Waals surface area contributed by atoms with E-state index in [1.165, 1.54) is 25.3 Å². The highest BCUT2D eigenvalue weighted by Gasteiger charge is 2.02. The van der Waals surface area contributed by atoms with Gasteiger partial charge in [-0.15, -0.1) is 0 Å². The average molecular weight is 366 g/mol. The molecule has 0 amide bonds. The van der Waals surface area contributed by atoms with E-state index >= 15 is 0 Å². The van der Waals surface area contributed by atoms with Crippen LogP contribution >= 0.6 is 0 Å². The lowest BCUT2D eigenvalue weighted by atomic mass is 10.1. The molecule has 0 bridgehead atoms. The van der Waals surface area contributed by atoms with Gasteiger partial charge < -0.3 is 19.3 Å². The van der Waals surface area contributed by atoms with Gasteiger partial charge in [-0.25, -0.2) is 0 Å². The average Bonchev–Trinajstić information content (AvgIpc) is 2.69. The van der Waals surface area contributed by atoms with E-state index in [-0.39, 0.29) is 11.5 Å². The minimum absolute atomic E-state index is 0.0269. The molecule has 0 heterocycles. The molecule has 2 rings (SSSR count). The Morgan fingerprint density at radius 3 is 2.30 bits per heavy atom. The van der Waals surface area contributed by atoms with Crippen LogP contribution < -0.4 is 14.2 Å². The lowest BCUT2D eigenvalue weighted by Gasteiger charge is -2.06. The predicted molar refractivity (Wildman–Crippen MR) is 106 cm³/mol. The summed E-state index contributed by atoms with van der Waals surface area (Å²) in [6.07, 6.45) is 9.76. The summed E-state index contributed by atoms with van der Waals surface area (Å²) in [6, 6.07) is 10.4. The smallest absolute Gasteiger partial charge is 0.178 e. The summed E-state index contributed by atoms with van der Waals surface area (Å²) >= 11 is 0. The number of allylic oxidation sites excluding steroid dienone is 4. The van der Waals surface area contributed by atoms with Gasteiger partial charge in [-0.3, -0.25) is 4.79 Å². The number of rotatable bonds is 8. The van der Waals surface area contributed by atoms with Crippen molar-refractivity contribution in [3.63, 3.8) is 0 Å². The van der Waals surface area contributed by atoms with Gasteiger partial charge in [-0.05, 0) is 42.0 Å². The first-order valence-electron chi connectivity index (χ1n) is 8.23. The molecular formula is C22H22O5. The van der Waals surface area contributed by atoms with Crippen molar-refractivity contribution in [2.75, 3.05) is 21.3 Å². The van der Waals surface area contributed by atoms with Gasteiger partial charge in [0.15, 0.2) is 17.3 Å². The lowest BCUT2D eigenvalue weighted by Crippen LogP contribution is -1.89. The maximum Gasteiger partial charge on any atom is 0.178 e. The molecule has 1 N–H and O–H groups in total. The molecule has 0 saturated carbocycles. The molecule has 0 unspecified atom stereocenters. The molecule has 0 atom stereocenters.